The van der Waals surface area contributed by atoms with Gasteiger partial charge in [0.1, 0.15) is 5.41 Å². The van der Waals surface area contributed by atoms with Crippen molar-refractivity contribution in [1.29, 1.82) is 0 Å². The van der Waals surface area contributed by atoms with Gasteiger partial charge in [-0.05, 0) is 25.7 Å². The Morgan fingerprint density at radius 3 is 2.50 bits per heavy atom. The van der Waals surface area contributed by atoms with Crippen LogP contribution in [-0.2, 0) is 4.79 Å². The standard InChI is InChI=1S/C9H15N3O2/c1-12(6-2-3-6)8(13)9(4-5-9)7(10)11-14/h6,14H,2-5H2,1H3,(H2,10,11). The van der Waals surface area contributed by atoms with Gasteiger partial charge >= 0.3 is 0 Å². The number of rotatable bonds is 3. The summed E-state index contributed by atoms with van der Waals surface area (Å²) in [5.41, 5.74) is 4.85. The molecule has 0 aromatic carbocycles. The normalized spacial score (nSPS) is 24.5. The first-order valence-corrected chi connectivity index (χ1v) is 4.87. The molecule has 78 valence electrons. The van der Waals surface area contributed by atoms with E-state index in [-0.39, 0.29) is 11.7 Å². The number of nitrogens with zero attached hydrogens (tertiary/aromatic N) is 2. The second-order valence-corrected chi connectivity index (χ2v) is 4.21. The van der Waals surface area contributed by atoms with E-state index in [1.54, 1.807) is 11.9 Å². The van der Waals surface area contributed by atoms with Crippen LogP contribution in [0, 0.1) is 5.41 Å². The summed E-state index contributed by atoms with van der Waals surface area (Å²) >= 11 is 0. The van der Waals surface area contributed by atoms with Gasteiger partial charge in [0.25, 0.3) is 0 Å². The molecular weight excluding hydrogens is 182 g/mol. The summed E-state index contributed by atoms with van der Waals surface area (Å²) in [6.45, 7) is 0. The Labute approximate surface area is 82.6 Å². The summed E-state index contributed by atoms with van der Waals surface area (Å²) in [4.78, 5) is 13.7. The second-order valence-electron chi connectivity index (χ2n) is 4.21. The zero-order valence-electron chi connectivity index (χ0n) is 8.23. The average molecular weight is 197 g/mol. The van der Waals surface area contributed by atoms with Crippen LogP contribution in [0.2, 0.25) is 0 Å². The molecule has 0 radical (unpaired) electrons. The van der Waals surface area contributed by atoms with Gasteiger partial charge in [-0.25, -0.2) is 0 Å². The van der Waals surface area contributed by atoms with E-state index in [0.717, 1.165) is 12.8 Å². The Morgan fingerprint density at radius 2 is 2.14 bits per heavy atom. The topological polar surface area (TPSA) is 78.9 Å². The predicted molar refractivity (Wildman–Crippen MR) is 50.9 cm³/mol. The zero-order valence-corrected chi connectivity index (χ0v) is 8.23. The highest BCUT2D eigenvalue weighted by molar-refractivity contribution is 6.09. The lowest BCUT2D eigenvalue weighted by Gasteiger charge is -2.22. The third kappa shape index (κ3) is 1.23. The minimum atomic E-state index is -0.675. The fourth-order valence-corrected chi connectivity index (χ4v) is 1.77. The van der Waals surface area contributed by atoms with Gasteiger partial charge in [-0.15, -0.1) is 0 Å². The fourth-order valence-electron chi connectivity index (χ4n) is 1.77. The van der Waals surface area contributed by atoms with Crippen LogP contribution >= 0.6 is 0 Å². The third-order valence-corrected chi connectivity index (χ3v) is 3.17. The minimum absolute atomic E-state index is 0.00954. The summed E-state index contributed by atoms with van der Waals surface area (Å²) in [5, 5.41) is 11.5. The molecule has 14 heavy (non-hydrogen) atoms. The molecule has 0 aromatic rings. The maximum atomic E-state index is 12.0. The molecule has 2 aliphatic rings. The summed E-state index contributed by atoms with van der Waals surface area (Å²) in [5.74, 6) is 0.0744. The van der Waals surface area contributed by atoms with Crippen LogP contribution in [0.15, 0.2) is 5.16 Å². The Bertz CT molecular complexity index is 292. The molecule has 0 bridgehead atoms. The monoisotopic (exact) mass is 197 g/mol. The largest absolute Gasteiger partial charge is 0.409 e. The Morgan fingerprint density at radius 1 is 1.57 bits per heavy atom. The first-order chi connectivity index (χ1) is 6.62. The van der Waals surface area contributed by atoms with Crippen molar-refractivity contribution < 1.29 is 10.0 Å². The number of nitrogens with two attached hydrogens (primary N) is 1. The Balaban J connectivity index is 2.10. The highest BCUT2D eigenvalue weighted by atomic mass is 16.4. The SMILES string of the molecule is CN(C(=O)C1(C(N)=NO)CC1)C1CC1. The molecule has 3 N–H and O–H groups in total. The summed E-state index contributed by atoms with van der Waals surface area (Å²) < 4.78 is 0. The van der Waals surface area contributed by atoms with Crippen molar-refractivity contribution in [2.45, 2.75) is 31.7 Å². The van der Waals surface area contributed by atoms with Gasteiger partial charge < -0.3 is 15.8 Å². The summed E-state index contributed by atoms with van der Waals surface area (Å²) in [6, 6.07) is 0.381. The van der Waals surface area contributed by atoms with Crippen molar-refractivity contribution in [1.82, 2.24) is 4.90 Å². The van der Waals surface area contributed by atoms with E-state index in [0.29, 0.717) is 18.9 Å². The van der Waals surface area contributed by atoms with Crippen LogP contribution in [0.5, 0.6) is 0 Å². The number of hydrogen-bond acceptors (Lipinski definition) is 3. The van der Waals surface area contributed by atoms with Crippen molar-refractivity contribution in [2.24, 2.45) is 16.3 Å². The fraction of sp³-hybridized carbons (Fsp3) is 0.778. The highest BCUT2D eigenvalue weighted by Crippen LogP contribution is 2.48. The number of carbonyl (C=O) groups excluding carboxylic acids is 1. The van der Waals surface area contributed by atoms with Crippen LogP contribution < -0.4 is 5.73 Å². The molecule has 0 aromatic heterocycles. The van der Waals surface area contributed by atoms with E-state index in [4.69, 9.17) is 10.9 Å². The number of oxime groups is 1. The lowest BCUT2D eigenvalue weighted by Crippen LogP contribution is -2.42. The molecule has 0 atom stereocenters. The Hall–Kier alpha value is -1.26. The van der Waals surface area contributed by atoms with Gasteiger partial charge in [-0.3, -0.25) is 4.79 Å². The molecule has 0 spiro atoms. The number of carbonyl (C=O) groups is 1. The molecule has 0 aliphatic heterocycles. The van der Waals surface area contributed by atoms with E-state index >= 15 is 0 Å². The smallest absolute Gasteiger partial charge is 0.236 e. The van der Waals surface area contributed by atoms with E-state index in [1.807, 2.05) is 0 Å². The van der Waals surface area contributed by atoms with Gasteiger partial charge in [0.15, 0.2) is 5.84 Å². The number of amidine groups is 1. The molecule has 2 saturated carbocycles. The van der Waals surface area contributed by atoms with Crippen molar-refractivity contribution in [3.05, 3.63) is 0 Å². The lowest BCUT2D eigenvalue weighted by atomic mass is 10.0. The van der Waals surface area contributed by atoms with Crippen molar-refractivity contribution >= 4 is 11.7 Å². The molecule has 0 unspecified atom stereocenters. The first-order valence-electron chi connectivity index (χ1n) is 4.87. The number of amides is 1. The molecular formula is C9H15N3O2. The molecule has 5 nitrogen and oxygen atoms in total. The van der Waals surface area contributed by atoms with Crippen molar-refractivity contribution in [3.8, 4) is 0 Å². The van der Waals surface area contributed by atoms with E-state index in [1.165, 1.54) is 0 Å². The lowest BCUT2D eigenvalue weighted by molar-refractivity contribution is -0.133. The van der Waals surface area contributed by atoms with Crippen LogP contribution in [0.1, 0.15) is 25.7 Å². The minimum Gasteiger partial charge on any atom is -0.409 e. The summed E-state index contributed by atoms with van der Waals surface area (Å²) in [7, 11) is 1.80. The third-order valence-electron chi connectivity index (χ3n) is 3.17. The first kappa shape index (κ1) is 9.30. The highest BCUT2D eigenvalue weighted by Gasteiger charge is 2.56. The quantitative estimate of drug-likeness (QED) is 0.292. The van der Waals surface area contributed by atoms with Crippen LogP contribution in [0.4, 0.5) is 0 Å². The average Bonchev–Trinajstić information content (AvgIpc) is 3.05. The molecule has 5 heteroatoms. The van der Waals surface area contributed by atoms with Crippen LogP contribution in [0.3, 0.4) is 0 Å². The zero-order chi connectivity index (χ0) is 10.3. The van der Waals surface area contributed by atoms with Gasteiger partial charge in [-0.2, -0.15) is 0 Å². The number of hydrogen-bond donors (Lipinski definition) is 2. The predicted octanol–water partition coefficient (Wildman–Crippen LogP) is 0.134. The second kappa shape index (κ2) is 2.87. The van der Waals surface area contributed by atoms with Gasteiger partial charge in [0.2, 0.25) is 5.91 Å². The molecule has 0 saturated heterocycles. The molecule has 0 heterocycles. The van der Waals surface area contributed by atoms with Crippen LogP contribution in [-0.4, -0.2) is 34.9 Å². The van der Waals surface area contributed by atoms with Crippen molar-refractivity contribution in [3.63, 3.8) is 0 Å². The van der Waals surface area contributed by atoms with Crippen molar-refractivity contribution in [2.75, 3.05) is 7.05 Å². The van der Waals surface area contributed by atoms with Gasteiger partial charge in [0, 0.05) is 13.1 Å². The molecule has 1 amide bonds. The Kier molecular flexibility index (Phi) is 1.90. The van der Waals surface area contributed by atoms with Gasteiger partial charge in [0.05, 0.1) is 0 Å². The van der Waals surface area contributed by atoms with E-state index in [9.17, 15) is 4.79 Å². The summed E-state index contributed by atoms with van der Waals surface area (Å²) in [6.07, 6.45) is 3.57. The molecule has 2 rings (SSSR count). The molecule has 2 fully saturated rings. The van der Waals surface area contributed by atoms with Crippen LogP contribution in [0.25, 0.3) is 0 Å². The maximum absolute atomic E-state index is 12.0. The molecule has 2 aliphatic carbocycles. The van der Waals surface area contributed by atoms with Gasteiger partial charge in [-0.1, -0.05) is 5.16 Å². The van der Waals surface area contributed by atoms with E-state index < -0.39 is 5.41 Å². The van der Waals surface area contributed by atoms with E-state index in [2.05, 4.69) is 5.16 Å². The maximum Gasteiger partial charge on any atom is 0.236 e.